The highest BCUT2D eigenvalue weighted by molar-refractivity contribution is 5.76. The van der Waals surface area contributed by atoms with Gasteiger partial charge in [0.25, 0.3) is 0 Å². The number of rotatable bonds is 6. The van der Waals surface area contributed by atoms with Crippen molar-refractivity contribution in [1.82, 2.24) is 20.2 Å². The molecule has 0 radical (unpaired) electrons. The first-order chi connectivity index (χ1) is 9.79. The summed E-state index contributed by atoms with van der Waals surface area (Å²) in [6, 6.07) is 0.491. The van der Waals surface area contributed by atoms with Crippen molar-refractivity contribution in [3.05, 3.63) is 18.2 Å². The summed E-state index contributed by atoms with van der Waals surface area (Å²) in [6.45, 7) is 3.21. The molecule has 1 aliphatic heterocycles. The van der Waals surface area contributed by atoms with Gasteiger partial charge in [-0.1, -0.05) is 0 Å². The minimum absolute atomic E-state index is 0.248. The van der Waals surface area contributed by atoms with Crippen LogP contribution >= 0.6 is 0 Å². The number of aromatic nitrogens is 2. The fourth-order valence-corrected chi connectivity index (χ4v) is 3.01. The molecule has 2 aliphatic rings. The third-order valence-corrected chi connectivity index (χ3v) is 4.27. The summed E-state index contributed by atoms with van der Waals surface area (Å²) in [7, 11) is 0. The Balaban J connectivity index is 1.39. The number of amides is 1. The molecule has 1 saturated carbocycles. The summed E-state index contributed by atoms with van der Waals surface area (Å²) in [5, 5.41) is 3.08. The van der Waals surface area contributed by atoms with E-state index in [4.69, 9.17) is 0 Å². The van der Waals surface area contributed by atoms with Crippen molar-refractivity contribution < 1.29 is 4.79 Å². The molecule has 1 aromatic rings. The number of piperidine rings is 1. The van der Waals surface area contributed by atoms with E-state index >= 15 is 0 Å². The normalized spacial score (nSPS) is 23.7. The lowest BCUT2D eigenvalue weighted by Crippen LogP contribution is -2.35. The number of carbonyl (C=O) groups is 1. The highest BCUT2D eigenvalue weighted by Gasteiger charge is 2.24. The van der Waals surface area contributed by atoms with E-state index in [1.165, 1.54) is 31.4 Å². The van der Waals surface area contributed by atoms with Crippen molar-refractivity contribution in [3.63, 3.8) is 0 Å². The van der Waals surface area contributed by atoms with Gasteiger partial charge < -0.3 is 10.3 Å². The number of aromatic amines is 1. The maximum absolute atomic E-state index is 11.7. The molecule has 1 aromatic heterocycles. The number of likely N-dealkylation sites (tertiary alicyclic amines) is 1. The fourth-order valence-electron chi connectivity index (χ4n) is 3.01. The van der Waals surface area contributed by atoms with E-state index < -0.39 is 0 Å². The van der Waals surface area contributed by atoms with Crippen LogP contribution in [0.1, 0.15) is 44.2 Å². The van der Waals surface area contributed by atoms with Crippen LogP contribution in [0.2, 0.25) is 0 Å². The monoisotopic (exact) mass is 276 g/mol. The third kappa shape index (κ3) is 4.07. The molecule has 3 rings (SSSR count). The SMILES string of the molecule is O=C(CCC1CCCN(Cc2cnc[nH]2)C1)NC1CC1. The van der Waals surface area contributed by atoms with Crippen molar-refractivity contribution in [2.75, 3.05) is 13.1 Å². The summed E-state index contributed by atoms with van der Waals surface area (Å²) in [5.74, 6) is 0.912. The highest BCUT2D eigenvalue weighted by atomic mass is 16.1. The molecule has 1 aliphatic carbocycles. The Morgan fingerprint density at radius 3 is 3.10 bits per heavy atom. The Bertz CT molecular complexity index is 427. The molecule has 1 atom stereocenters. The molecule has 110 valence electrons. The maximum atomic E-state index is 11.7. The maximum Gasteiger partial charge on any atom is 0.220 e. The van der Waals surface area contributed by atoms with Gasteiger partial charge >= 0.3 is 0 Å². The van der Waals surface area contributed by atoms with E-state index in [2.05, 4.69) is 20.2 Å². The second-order valence-corrected chi connectivity index (χ2v) is 6.20. The van der Waals surface area contributed by atoms with Gasteiger partial charge in [0.1, 0.15) is 0 Å². The van der Waals surface area contributed by atoms with Gasteiger partial charge in [0, 0.05) is 37.4 Å². The molecular formula is C15H24N4O. The molecule has 0 spiro atoms. The molecular weight excluding hydrogens is 252 g/mol. The van der Waals surface area contributed by atoms with E-state index in [0.29, 0.717) is 18.4 Å². The smallest absolute Gasteiger partial charge is 0.220 e. The second kappa shape index (κ2) is 6.39. The fraction of sp³-hybridized carbons (Fsp3) is 0.733. The van der Waals surface area contributed by atoms with Crippen LogP contribution in [0.3, 0.4) is 0 Å². The van der Waals surface area contributed by atoms with Crippen molar-refractivity contribution in [2.24, 2.45) is 5.92 Å². The summed E-state index contributed by atoms with van der Waals surface area (Å²) in [6.07, 6.45) is 10.2. The number of carbonyl (C=O) groups excluding carboxylic acids is 1. The Morgan fingerprint density at radius 2 is 2.35 bits per heavy atom. The number of imidazole rings is 1. The average molecular weight is 276 g/mol. The average Bonchev–Trinajstić information content (AvgIpc) is 3.11. The number of hydrogen-bond donors (Lipinski definition) is 2. The zero-order valence-electron chi connectivity index (χ0n) is 12.0. The molecule has 0 aromatic carbocycles. The zero-order chi connectivity index (χ0) is 13.8. The summed E-state index contributed by atoms with van der Waals surface area (Å²) in [5.41, 5.74) is 1.18. The predicted molar refractivity (Wildman–Crippen MR) is 77.0 cm³/mol. The Kier molecular flexibility index (Phi) is 4.35. The highest BCUT2D eigenvalue weighted by Crippen LogP contribution is 2.23. The zero-order valence-corrected chi connectivity index (χ0v) is 12.0. The number of hydrogen-bond acceptors (Lipinski definition) is 3. The predicted octanol–water partition coefficient (Wildman–Crippen LogP) is 1.68. The molecule has 0 bridgehead atoms. The quantitative estimate of drug-likeness (QED) is 0.831. The molecule has 1 unspecified atom stereocenters. The lowest BCUT2D eigenvalue weighted by Gasteiger charge is -2.32. The van der Waals surface area contributed by atoms with E-state index in [9.17, 15) is 4.79 Å². The van der Waals surface area contributed by atoms with E-state index in [0.717, 1.165) is 26.1 Å². The molecule has 1 saturated heterocycles. The van der Waals surface area contributed by atoms with Crippen LogP contribution in [0.5, 0.6) is 0 Å². The number of nitrogens with one attached hydrogen (secondary N) is 2. The van der Waals surface area contributed by atoms with Gasteiger partial charge in [-0.2, -0.15) is 0 Å². The van der Waals surface area contributed by atoms with Crippen LogP contribution in [0.4, 0.5) is 0 Å². The summed E-state index contributed by atoms with van der Waals surface area (Å²) < 4.78 is 0. The molecule has 5 nitrogen and oxygen atoms in total. The molecule has 2 heterocycles. The van der Waals surface area contributed by atoms with Crippen molar-refractivity contribution in [2.45, 2.75) is 51.1 Å². The third-order valence-electron chi connectivity index (χ3n) is 4.27. The standard InChI is InChI=1S/C15H24N4O/c20-15(18-13-4-5-13)6-3-12-2-1-7-19(9-12)10-14-8-16-11-17-14/h8,11-13H,1-7,9-10H2,(H,16,17)(H,18,20). The largest absolute Gasteiger partial charge is 0.353 e. The molecule has 5 heteroatoms. The van der Waals surface area contributed by atoms with E-state index in [1.54, 1.807) is 6.33 Å². The van der Waals surface area contributed by atoms with Crippen molar-refractivity contribution in [1.29, 1.82) is 0 Å². The van der Waals surface area contributed by atoms with E-state index in [-0.39, 0.29) is 5.91 Å². The Labute approximate surface area is 120 Å². The minimum Gasteiger partial charge on any atom is -0.353 e. The van der Waals surface area contributed by atoms with Gasteiger partial charge in [0.05, 0.1) is 6.33 Å². The Morgan fingerprint density at radius 1 is 1.45 bits per heavy atom. The first-order valence-corrected chi connectivity index (χ1v) is 7.78. The van der Waals surface area contributed by atoms with Crippen LogP contribution < -0.4 is 5.32 Å². The van der Waals surface area contributed by atoms with Crippen LogP contribution in [-0.4, -0.2) is 39.9 Å². The summed E-state index contributed by atoms with van der Waals surface area (Å²) >= 11 is 0. The lowest BCUT2D eigenvalue weighted by molar-refractivity contribution is -0.121. The van der Waals surface area contributed by atoms with Gasteiger partial charge in [-0.15, -0.1) is 0 Å². The van der Waals surface area contributed by atoms with Crippen LogP contribution in [0, 0.1) is 5.92 Å². The van der Waals surface area contributed by atoms with Gasteiger partial charge in [-0.3, -0.25) is 9.69 Å². The van der Waals surface area contributed by atoms with Crippen LogP contribution in [-0.2, 0) is 11.3 Å². The molecule has 1 amide bonds. The van der Waals surface area contributed by atoms with Gasteiger partial charge in [0.15, 0.2) is 0 Å². The number of H-pyrrole nitrogens is 1. The van der Waals surface area contributed by atoms with Gasteiger partial charge in [0.2, 0.25) is 5.91 Å². The van der Waals surface area contributed by atoms with E-state index in [1.807, 2.05) is 6.20 Å². The van der Waals surface area contributed by atoms with Crippen molar-refractivity contribution >= 4 is 5.91 Å². The topological polar surface area (TPSA) is 61.0 Å². The summed E-state index contributed by atoms with van der Waals surface area (Å²) in [4.78, 5) is 21.4. The van der Waals surface area contributed by atoms with Crippen LogP contribution in [0.25, 0.3) is 0 Å². The molecule has 2 fully saturated rings. The first-order valence-electron chi connectivity index (χ1n) is 7.78. The lowest BCUT2D eigenvalue weighted by atomic mass is 9.93. The van der Waals surface area contributed by atoms with Crippen LogP contribution in [0.15, 0.2) is 12.5 Å². The number of nitrogens with zero attached hydrogens (tertiary/aromatic N) is 2. The molecule has 20 heavy (non-hydrogen) atoms. The molecule has 2 N–H and O–H groups in total. The van der Waals surface area contributed by atoms with Gasteiger partial charge in [-0.25, -0.2) is 4.98 Å². The first kappa shape index (κ1) is 13.6. The minimum atomic E-state index is 0.248. The Hall–Kier alpha value is -1.36. The van der Waals surface area contributed by atoms with Crippen molar-refractivity contribution in [3.8, 4) is 0 Å². The second-order valence-electron chi connectivity index (χ2n) is 6.20. The van der Waals surface area contributed by atoms with Gasteiger partial charge in [-0.05, 0) is 44.6 Å².